The summed E-state index contributed by atoms with van der Waals surface area (Å²) in [6.07, 6.45) is 2.03. The number of nitrogens with zero attached hydrogens (tertiary/aromatic N) is 4. The van der Waals surface area contributed by atoms with Crippen LogP contribution in [0.2, 0.25) is 0 Å². The zero-order valence-corrected chi connectivity index (χ0v) is 15.7. The number of esters is 2. The van der Waals surface area contributed by atoms with E-state index in [9.17, 15) is 14.4 Å². The van der Waals surface area contributed by atoms with Crippen LogP contribution in [0.15, 0.2) is 23.5 Å². The van der Waals surface area contributed by atoms with Gasteiger partial charge in [-0.05, 0) is 26.3 Å². The highest BCUT2D eigenvalue weighted by Crippen LogP contribution is 2.17. The molecule has 1 aliphatic rings. The number of carbonyl (C=O) groups is 3. The van der Waals surface area contributed by atoms with Gasteiger partial charge >= 0.3 is 18.0 Å². The summed E-state index contributed by atoms with van der Waals surface area (Å²) in [4.78, 5) is 44.6. The summed E-state index contributed by atoms with van der Waals surface area (Å²) in [6.45, 7) is 5.13. The molecule has 28 heavy (non-hydrogen) atoms. The van der Waals surface area contributed by atoms with Crippen LogP contribution >= 0.6 is 0 Å². The summed E-state index contributed by atoms with van der Waals surface area (Å²) < 4.78 is 11.7. The predicted molar refractivity (Wildman–Crippen MR) is 95.2 cm³/mol. The van der Waals surface area contributed by atoms with E-state index >= 15 is 0 Å². The fraction of sp³-hybridized carbons (Fsp3) is 0.412. The SMILES string of the molecule is CCOC(=O)C1=C(COC(=O)c2nc3nccc(C)n3n2)NC(=O)N[C@H]1CC. The molecule has 0 fully saturated rings. The fourth-order valence-corrected chi connectivity index (χ4v) is 2.77. The lowest BCUT2D eigenvalue weighted by Gasteiger charge is -2.28. The number of ether oxygens (including phenoxy) is 2. The monoisotopic (exact) mass is 388 g/mol. The van der Waals surface area contributed by atoms with Crippen molar-refractivity contribution in [1.29, 1.82) is 0 Å². The van der Waals surface area contributed by atoms with Crippen molar-refractivity contribution >= 4 is 23.7 Å². The molecular formula is C17H20N6O5. The van der Waals surface area contributed by atoms with Crippen molar-refractivity contribution in [2.24, 2.45) is 0 Å². The van der Waals surface area contributed by atoms with Gasteiger partial charge in [0.05, 0.1) is 23.9 Å². The number of rotatable bonds is 6. The first-order chi connectivity index (χ1) is 13.4. The van der Waals surface area contributed by atoms with E-state index < -0.39 is 24.0 Å². The van der Waals surface area contributed by atoms with Crippen molar-refractivity contribution in [3.8, 4) is 0 Å². The van der Waals surface area contributed by atoms with E-state index in [0.29, 0.717) is 6.42 Å². The molecule has 2 aromatic heterocycles. The second-order valence-corrected chi connectivity index (χ2v) is 5.98. The van der Waals surface area contributed by atoms with Gasteiger partial charge in [-0.25, -0.2) is 23.9 Å². The Morgan fingerprint density at radius 2 is 2.04 bits per heavy atom. The molecule has 3 heterocycles. The zero-order chi connectivity index (χ0) is 20.3. The zero-order valence-electron chi connectivity index (χ0n) is 15.7. The Balaban J connectivity index is 1.82. The Hall–Kier alpha value is -3.50. The Kier molecular flexibility index (Phi) is 5.52. The van der Waals surface area contributed by atoms with Crippen LogP contribution < -0.4 is 10.6 Å². The smallest absolute Gasteiger partial charge is 0.378 e. The number of hydrogen-bond acceptors (Lipinski definition) is 8. The average molecular weight is 388 g/mol. The molecule has 2 amide bonds. The van der Waals surface area contributed by atoms with Crippen LogP contribution in [0.1, 0.15) is 36.6 Å². The van der Waals surface area contributed by atoms with E-state index in [1.54, 1.807) is 26.1 Å². The van der Waals surface area contributed by atoms with Gasteiger partial charge in [0.25, 0.3) is 11.6 Å². The topological polar surface area (TPSA) is 137 Å². The van der Waals surface area contributed by atoms with Crippen LogP contribution in [-0.2, 0) is 14.3 Å². The van der Waals surface area contributed by atoms with Crippen molar-refractivity contribution in [2.75, 3.05) is 13.2 Å². The highest BCUT2D eigenvalue weighted by molar-refractivity contribution is 5.95. The molecule has 2 N–H and O–H groups in total. The molecule has 1 aliphatic heterocycles. The van der Waals surface area contributed by atoms with Crippen LogP contribution in [0.4, 0.5) is 4.79 Å². The Morgan fingerprint density at radius 3 is 2.71 bits per heavy atom. The standard InChI is InChI=1S/C17H20N6O5/c1-4-10-12(14(24)27-5-2)11(20-17(26)19-10)8-28-15(25)13-21-16-18-7-6-9(3)23(16)22-13/h6-7,10H,4-5,8H2,1-3H3,(H2,19,20,26)/t10-/m0/s1. The predicted octanol–water partition coefficient (Wildman–Crippen LogP) is 0.498. The second-order valence-electron chi connectivity index (χ2n) is 5.98. The van der Waals surface area contributed by atoms with Crippen molar-refractivity contribution in [2.45, 2.75) is 33.2 Å². The summed E-state index contributed by atoms with van der Waals surface area (Å²) in [5.41, 5.74) is 1.14. The number of aromatic nitrogens is 4. The highest BCUT2D eigenvalue weighted by atomic mass is 16.5. The van der Waals surface area contributed by atoms with Crippen LogP contribution in [0.3, 0.4) is 0 Å². The second kappa shape index (κ2) is 8.03. The van der Waals surface area contributed by atoms with Crippen LogP contribution in [0.25, 0.3) is 5.78 Å². The van der Waals surface area contributed by atoms with Gasteiger partial charge in [0, 0.05) is 11.9 Å². The van der Waals surface area contributed by atoms with E-state index in [1.807, 2.05) is 6.92 Å². The molecule has 0 spiro atoms. The van der Waals surface area contributed by atoms with Gasteiger partial charge in [-0.15, -0.1) is 5.10 Å². The first-order valence-electron chi connectivity index (χ1n) is 8.77. The molecule has 0 aliphatic carbocycles. The fourth-order valence-electron chi connectivity index (χ4n) is 2.77. The maximum atomic E-state index is 12.3. The largest absolute Gasteiger partial charge is 0.463 e. The molecule has 1 atom stereocenters. The Labute approximate surface area is 160 Å². The number of carbonyl (C=O) groups excluding carboxylic acids is 3. The Bertz CT molecular complexity index is 966. The number of nitrogens with one attached hydrogen (secondary N) is 2. The number of fused-ring (bicyclic) bond motifs is 1. The third-order valence-electron chi connectivity index (χ3n) is 4.11. The quantitative estimate of drug-likeness (QED) is 0.683. The van der Waals surface area contributed by atoms with Gasteiger partial charge in [0.2, 0.25) is 0 Å². The first kappa shape index (κ1) is 19.3. The van der Waals surface area contributed by atoms with Crippen molar-refractivity contribution in [3.05, 3.63) is 35.1 Å². The van der Waals surface area contributed by atoms with E-state index in [0.717, 1.165) is 5.69 Å². The average Bonchev–Trinajstić information content (AvgIpc) is 3.11. The van der Waals surface area contributed by atoms with E-state index in [1.165, 1.54) is 4.52 Å². The molecule has 0 radical (unpaired) electrons. The van der Waals surface area contributed by atoms with E-state index in [-0.39, 0.29) is 36.1 Å². The lowest BCUT2D eigenvalue weighted by molar-refractivity contribution is -0.139. The highest BCUT2D eigenvalue weighted by Gasteiger charge is 2.32. The summed E-state index contributed by atoms with van der Waals surface area (Å²) >= 11 is 0. The lowest BCUT2D eigenvalue weighted by atomic mass is 10.0. The van der Waals surface area contributed by atoms with Gasteiger partial charge in [0.1, 0.15) is 6.61 Å². The molecule has 2 aromatic rings. The van der Waals surface area contributed by atoms with Gasteiger partial charge in [-0.2, -0.15) is 4.98 Å². The van der Waals surface area contributed by atoms with E-state index in [4.69, 9.17) is 9.47 Å². The van der Waals surface area contributed by atoms with Gasteiger partial charge in [0.15, 0.2) is 0 Å². The molecule has 0 saturated carbocycles. The molecule has 0 bridgehead atoms. The Morgan fingerprint density at radius 1 is 1.25 bits per heavy atom. The molecule has 3 rings (SSSR count). The molecule has 148 valence electrons. The first-order valence-corrected chi connectivity index (χ1v) is 8.77. The summed E-state index contributed by atoms with van der Waals surface area (Å²) in [6, 6.07) is 0.696. The molecule has 11 heteroatoms. The molecule has 0 aromatic carbocycles. The molecule has 0 unspecified atom stereocenters. The summed E-state index contributed by atoms with van der Waals surface area (Å²) in [5, 5.41) is 9.22. The minimum atomic E-state index is -0.804. The molecular weight excluding hydrogens is 368 g/mol. The number of urea groups is 1. The van der Waals surface area contributed by atoms with Crippen LogP contribution in [0, 0.1) is 6.92 Å². The molecule has 11 nitrogen and oxygen atoms in total. The normalized spacial score (nSPS) is 16.5. The van der Waals surface area contributed by atoms with Crippen LogP contribution in [-0.4, -0.2) is 56.8 Å². The number of hydrogen-bond donors (Lipinski definition) is 2. The van der Waals surface area contributed by atoms with Gasteiger partial charge in [-0.1, -0.05) is 6.92 Å². The minimum absolute atomic E-state index is 0.167. The third kappa shape index (κ3) is 3.77. The summed E-state index contributed by atoms with van der Waals surface area (Å²) in [5.74, 6) is -1.30. The maximum absolute atomic E-state index is 12.3. The lowest BCUT2D eigenvalue weighted by Crippen LogP contribution is -2.51. The minimum Gasteiger partial charge on any atom is -0.463 e. The third-order valence-corrected chi connectivity index (χ3v) is 4.11. The molecule has 0 saturated heterocycles. The van der Waals surface area contributed by atoms with Gasteiger partial charge < -0.3 is 20.1 Å². The van der Waals surface area contributed by atoms with E-state index in [2.05, 4.69) is 25.7 Å². The van der Waals surface area contributed by atoms with Crippen molar-refractivity contribution in [3.63, 3.8) is 0 Å². The van der Waals surface area contributed by atoms with Crippen LogP contribution in [0.5, 0.6) is 0 Å². The van der Waals surface area contributed by atoms with Crippen molar-refractivity contribution in [1.82, 2.24) is 30.2 Å². The maximum Gasteiger partial charge on any atom is 0.378 e. The van der Waals surface area contributed by atoms with Gasteiger partial charge in [-0.3, -0.25) is 0 Å². The van der Waals surface area contributed by atoms with Crippen molar-refractivity contribution < 1.29 is 23.9 Å². The number of aryl methyl sites for hydroxylation is 1. The summed E-state index contributed by atoms with van der Waals surface area (Å²) in [7, 11) is 0. The number of amides is 2.